The molecule has 1 atom stereocenters. The van der Waals surface area contributed by atoms with Crippen LogP contribution in [0.2, 0.25) is 0 Å². The zero-order valence-corrected chi connectivity index (χ0v) is 10.9. The van der Waals surface area contributed by atoms with Crippen molar-refractivity contribution in [3.8, 4) is 0 Å². The zero-order valence-electron chi connectivity index (χ0n) is 9.23. The molecule has 6 nitrogen and oxygen atoms in total. The van der Waals surface area contributed by atoms with Crippen LogP contribution in [0.1, 0.15) is 13.8 Å². The van der Waals surface area contributed by atoms with Gasteiger partial charge in [-0.25, -0.2) is 18.1 Å². The first-order valence-corrected chi connectivity index (χ1v) is 6.26. The fraction of sp³-hybridized carbons (Fsp3) is 0.625. The molecular weight excluding hydrogens is 252 g/mol. The number of hydrogen-bond donors (Lipinski definition) is 3. The van der Waals surface area contributed by atoms with Crippen molar-refractivity contribution < 1.29 is 8.42 Å². The SMILES string of the molecule is CCN[C@H](C)CNS(=O)(=O)c1cnc[nH]1.Cl. The van der Waals surface area contributed by atoms with E-state index in [9.17, 15) is 8.42 Å². The van der Waals surface area contributed by atoms with Crippen molar-refractivity contribution in [3.63, 3.8) is 0 Å². The molecule has 3 N–H and O–H groups in total. The normalized spacial score (nSPS) is 13.1. The van der Waals surface area contributed by atoms with E-state index in [0.717, 1.165) is 6.54 Å². The molecule has 0 amide bonds. The van der Waals surface area contributed by atoms with Gasteiger partial charge in [-0.05, 0) is 13.5 Å². The summed E-state index contributed by atoms with van der Waals surface area (Å²) >= 11 is 0. The van der Waals surface area contributed by atoms with Crippen molar-refractivity contribution in [3.05, 3.63) is 12.5 Å². The summed E-state index contributed by atoms with van der Waals surface area (Å²) in [6, 6.07) is 0.104. The summed E-state index contributed by atoms with van der Waals surface area (Å²) in [5.41, 5.74) is 0. The highest BCUT2D eigenvalue weighted by molar-refractivity contribution is 7.89. The standard InChI is InChI=1S/C8H16N4O2S.ClH/c1-3-10-7(2)4-12-15(13,14)8-5-9-6-11-8;/h5-7,10,12H,3-4H2,1-2H3,(H,9,11);1H/t7-;/m1./s1. The molecule has 0 unspecified atom stereocenters. The Kier molecular flexibility index (Phi) is 6.58. The number of aromatic nitrogens is 2. The topological polar surface area (TPSA) is 86.9 Å². The average molecular weight is 269 g/mol. The molecule has 8 heteroatoms. The quantitative estimate of drug-likeness (QED) is 0.683. The van der Waals surface area contributed by atoms with Gasteiger partial charge in [-0.2, -0.15) is 0 Å². The Bertz CT molecular complexity index is 379. The van der Waals surface area contributed by atoms with Gasteiger partial charge in [0, 0.05) is 12.6 Å². The van der Waals surface area contributed by atoms with Crippen molar-refractivity contribution in [2.45, 2.75) is 24.9 Å². The summed E-state index contributed by atoms with van der Waals surface area (Å²) in [7, 11) is -3.44. The largest absolute Gasteiger partial charge is 0.335 e. The van der Waals surface area contributed by atoms with Crippen molar-refractivity contribution >= 4 is 22.4 Å². The molecule has 1 rings (SSSR count). The van der Waals surface area contributed by atoms with Gasteiger partial charge in [-0.1, -0.05) is 6.92 Å². The third kappa shape index (κ3) is 4.48. The highest BCUT2D eigenvalue weighted by Gasteiger charge is 2.15. The van der Waals surface area contributed by atoms with E-state index in [1.54, 1.807) is 0 Å². The highest BCUT2D eigenvalue weighted by atomic mass is 35.5. The molecule has 0 aliphatic rings. The Labute approximate surface area is 102 Å². The molecule has 0 radical (unpaired) electrons. The van der Waals surface area contributed by atoms with Gasteiger partial charge in [0.15, 0.2) is 5.03 Å². The smallest absolute Gasteiger partial charge is 0.257 e. The lowest BCUT2D eigenvalue weighted by Crippen LogP contribution is -2.38. The van der Waals surface area contributed by atoms with Gasteiger partial charge >= 0.3 is 0 Å². The van der Waals surface area contributed by atoms with Crippen LogP contribution in [0.4, 0.5) is 0 Å². The van der Waals surface area contributed by atoms with E-state index in [-0.39, 0.29) is 23.5 Å². The maximum absolute atomic E-state index is 11.6. The molecule has 94 valence electrons. The van der Waals surface area contributed by atoms with Crippen molar-refractivity contribution in [2.75, 3.05) is 13.1 Å². The number of hydrogen-bond acceptors (Lipinski definition) is 4. The Hall–Kier alpha value is -0.630. The van der Waals surface area contributed by atoms with Gasteiger partial charge in [0.05, 0.1) is 12.5 Å². The molecule has 16 heavy (non-hydrogen) atoms. The lowest BCUT2D eigenvalue weighted by molar-refractivity contribution is 0.534. The fourth-order valence-electron chi connectivity index (χ4n) is 1.12. The molecule has 0 aromatic carbocycles. The molecule has 1 aromatic heterocycles. The first-order chi connectivity index (χ1) is 7.06. The Morgan fingerprint density at radius 3 is 2.75 bits per heavy atom. The number of likely N-dealkylation sites (N-methyl/N-ethyl adjacent to an activating group) is 1. The number of sulfonamides is 1. The predicted octanol–water partition coefficient (Wildman–Crippen LogP) is 0.108. The van der Waals surface area contributed by atoms with E-state index >= 15 is 0 Å². The lowest BCUT2D eigenvalue weighted by Gasteiger charge is -2.12. The van der Waals surface area contributed by atoms with Gasteiger partial charge in [-0.15, -0.1) is 12.4 Å². The Morgan fingerprint density at radius 2 is 2.25 bits per heavy atom. The minimum Gasteiger partial charge on any atom is -0.335 e. The van der Waals surface area contributed by atoms with Crippen LogP contribution in [0.3, 0.4) is 0 Å². The van der Waals surface area contributed by atoms with E-state index in [1.165, 1.54) is 12.5 Å². The molecule has 0 saturated heterocycles. The van der Waals surface area contributed by atoms with Crippen LogP contribution in [0.5, 0.6) is 0 Å². The van der Waals surface area contributed by atoms with Gasteiger partial charge in [0.2, 0.25) is 0 Å². The summed E-state index contributed by atoms with van der Waals surface area (Å²) in [5.74, 6) is 0. The number of imidazole rings is 1. The number of rotatable bonds is 6. The van der Waals surface area contributed by atoms with Crippen molar-refractivity contribution in [1.82, 2.24) is 20.0 Å². The van der Waals surface area contributed by atoms with Crippen LogP contribution in [-0.2, 0) is 10.0 Å². The minimum absolute atomic E-state index is 0. The molecule has 0 bridgehead atoms. The third-order valence-corrected chi connectivity index (χ3v) is 3.24. The maximum atomic E-state index is 11.6. The molecule has 1 heterocycles. The van der Waals surface area contributed by atoms with Crippen molar-refractivity contribution in [2.24, 2.45) is 0 Å². The van der Waals surface area contributed by atoms with Crippen LogP contribution < -0.4 is 10.0 Å². The number of H-pyrrole nitrogens is 1. The molecular formula is C8H17ClN4O2S. The van der Waals surface area contributed by atoms with E-state index in [2.05, 4.69) is 20.0 Å². The third-order valence-electron chi connectivity index (χ3n) is 1.89. The van der Waals surface area contributed by atoms with Crippen molar-refractivity contribution in [1.29, 1.82) is 0 Å². The van der Waals surface area contributed by atoms with Crippen LogP contribution in [0.15, 0.2) is 17.6 Å². The number of halogens is 1. The summed E-state index contributed by atoms with van der Waals surface area (Å²) < 4.78 is 25.7. The van der Waals surface area contributed by atoms with E-state index in [1.807, 2.05) is 13.8 Å². The summed E-state index contributed by atoms with van der Waals surface area (Å²) in [6.45, 7) is 5.06. The number of aromatic amines is 1. The second-order valence-electron chi connectivity index (χ2n) is 3.23. The van der Waals surface area contributed by atoms with E-state index in [0.29, 0.717) is 6.54 Å². The van der Waals surface area contributed by atoms with Gasteiger partial charge in [0.25, 0.3) is 10.0 Å². The number of nitrogens with one attached hydrogen (secondary N) is 3. The van der Waals surface area contributed by atoms with Crippen LogP contribution >= 0.6 is 12.4 Å². The van der Waals surface area contributed by atoms with Crippen LogP contribution in [-0.4, -0.2) is 37.5 Å². The Morgan fingerprint density at radius 1 is 1.56 bits per heavy atom. The number of nitrogens with zero attached hydrogens (tertiary/aromatic N) is 1. The summed E-state index contributed by atoms with van der Waals surface area (Å²) in [5, 5.41) is 3.20. The molecule has 0 fully saturated rings. The second-order valence-corrected chi connectivity index (χ2v) is 4.96. The minimum atomic E-state index is -3.44. The maximum Gasteiger partial charge on any atom is 0.257 e. The lowest BCUT2D eigenvalue weighted by atomic mass is 10.3. The zero-order chi connectivity index (χ0) is 11.3. The van der Waals surface area contributed by atoms with Crippen LogP contribution in [0.25, 0.3) is 0 Å². The average Bonchev–Trinajstić information content (AvgIpc) is 2.69. The fourth-order valence-corrected chi connectivity index (χ4v) is 2.16. The molecule has 1 aromatic rings. The monoisotopic (exact) mass is 268 g/mol. The molecule has 0 aliphatic heterocycles. The van der Waals surface area contributed by atoms with Gasteiger partial charge < -0.3 is 10.3 Å². The summed E-state index contributed by atoms with van der Waals surface area (Å²) in [4.78, 5) is 6.21. The van der Waals surface area contributed by atoms with Gasteiger partial charge in [-0.3, -0.25) is 0 Å². The first-order valence-electron chi connectivity index (χ1n) is 4.77. The highest BCUT2D eigenvalue weighted by Crippen LogP contribution is 2.01. The second kappa shape index (κ2) is 6.85. The van der Waals surface area contributed by atoms with E-state index < -0.39 is 10.0 Å². The molecule has 0 aliphatic carbocycles. The first kappa shape index (κ1) is 15.4. The van der Waals surface area contributed by atoms with E-state index in [4.69, 9.17) is 0 Å². The summed E-state index contributed by atoms with van der Waals surface area (Å²) in [6.07, 6.45) is 2.61. The van der Waals surface area contributed by atoms with Gasteiger partial charge in [0.1, 0.15) is 0 Å². The molecule has 0 saturated carbocycles. The Balaban J connectivity index is 0.00000225. The van der Waals surface area contributed by atoms with Crippen LogP contribution in [0, 0.1) is 0 Å². The predicted molar refractivity (Wildman–Crippen MR) is 64.2 cm³/mol. The molecule has 0 spiro atoms.